The Balaban J connectivity index is 2.91. The molecule has 14 heavy (non-hydrogen) atoms. The van der Waals surface area contributed by atoms with Gasteiger partial charge in [-0.25, -0.2) is 0 Å². The van der Waals surface area contributed by atoms with Crippen molar-refractivity contribution in [1.29, 1.82) is 0 Å². The molecule has 0 aromatic heterocycles. The molecule has 0 saturated carbocycles. The Kier molecular flexibility index (Phi) is 4.00. The number of hydrogen-bond acceptors (Lipinski definition) is 1. The maximum Gasteiger partial charge on any atom is -0.00151 e. The first-order valence-corrected chi connectivity index (χ1v) is 6.26. The molecule has 1 saturated heterocycles. The fourth-order valence-electron chi connectivity index (χ4n) is 3.69. The summed E-state index contributed by atoms with van der Waals surface area (Å²) < 4.78 is 0. The molecule has 84 valence electrons. The second-order valence-electron chi connectivity index (χ2n) is 5.48. The highest BCUT2D eigenvalue weighted by atomic mass is 14.9. The van der Waals surface area contributed by atoms with E-state index in [1.54, 1.807) is 0 Å². The van der Waals surface area contributed by atoms with E-state index in [1.165, 1.54) is 25.9 Å². The average molecular weight is 197 g/mol. The molecule has 1 unspecified atom stereocenters. The standard InChI is InChI=1S/C13H27N/c1-6-12-9-14-8-7-13(12,10(2)3)11(4)5/h10-12,14H,6-9H2,1-5H3. The summed E-state index contributed by atoms with van der Waals surface area (Å²) in [4.78, 5) is 0. The highest BCUT2D eigenvalue weighted by Gasteiger charge is 2.44. The SMILES string of the molecule is CCC1CNCCC1(C(C)C)C(C)C. The molecule has 1 heterocycles. The van der Waals surface area contributed by atoms with Gasteiger partial charge in [-0.15, -0.1) is 0 Å². The quantitative estimate of drug-likeness (QED) is 0.732. The summed E-state index contributed by atoms with van der Waals surface area (Å²) in [6.45, 7) is 14.4. The van der Waals surface area contributed by atoms with Crippen molar-refractivity contribution in [2.45, 2.75) is 47.5 Å². The highest BCUT2D eigenvalue weighted by molar-refractivity contribution is 4.95. The van der Waals surface area contributed by atoms with Gasteiger partial charge < -0.3 is 5.32 Å². The van der Waals surface area contributed by atoms with E-state index in [1.807, 2.05) is 0 Å². The van der Waals surface area contributed by atoms with Crippen molar-refractivity contribution in [2.75, 3.05) is 13.1 Å². The second-order valence-corrected chi connectivity index (χ2v) is 5.48. The lowest BCUT2D eigenvalue weighted by atomic mass is 9.57. The Hall–Kier alpha value is -0.0400. The van der Waals surface area contributed by atoms with Crippen LogP contribution in [0.4, 0.5) is 0 Å². The largest absolute Gasteiger partial charge is 0.316 e. The first kappa shape index (κ1) is 12.0. The molecule has 0 bridgehead atoms. The van der Waals surface area contributed by atoms with Gasteiger partial charge in [0.2, 0.25) is 0 Å². The fraction of sp³-hybridized carbons (Fsp3) is 1.00. The average Bonchev–Trinajstić information content (AvgIpc) is 2.16. The monoisotopic (exact) mass is 197 g/mol. The third kappa shape index (κ3) is 1.84. The van der Waals surface area contributed by atoms with Crippen LogP contribution in [-0.2, 0) is 0 Å². The van der Waals surface area contributed by atoms with E-state index in [0.717, 1.165) is 17.8 Å². The van der Waals surface area contributed by atoms with Gasteiger partial charge in [-0.3, -0.25) is 0 Å². The topological polar surface area (TPSA) is 12.0 Å². The Morgan fingerprint density at radius 2 is 1.79 bits per heavy atom. The lowest BCUT2D eigenvalue weighted by molar-refractivity contribution is -0.000726. The molecule has 0 aliphatic carbocycles. The van der Waals surface area contributed by atoms with Crippen molar-refractivity contribution < 1.29 is 0 Å². The number of piperidine rings is 1. The Morgan fingerprint density at radius 3 is 2.14 bits per heavy atom. The van der Waals surface area contributed by atoms with Gasteiger partial charge in [0.05, 0.1) is 0 Å². The molecule has 1 rings (SSSR count). The minimum Gasteiger partial charge on any atom is -0.316 e. The Bertz CT molecular complexity index is 164. The zero-order chi connectivity index (χ0) is 10.8. The van der Waals surface area contributed by atoms with E-state index in [0.29, 0.717) is 5.41 Å². The van der Waals surface area contributed by atoms with Crippen molar-refractivity contribution in [3.8, 4) is 0 Å². The van der Waals surface area contributed by atoms with Crippen molar-refractivity contribution in [1.82, 2.24) is 5.32 Å². The van der Waals surface area contributed by atoms with Crippen LogP contribution in [-0.4, -0.2) is 13.1 Å². The van der Waals surface area contributed by atoms with Crippen LogP contribution in [0.2, 0.25) is 0 Å². The van der Waals surface area contributed by atoms with Crippen LogP contribution in [0.1, 0.15) is 47.5 Å². The molecule has 0 spiro atoms. The van der Waals surface area contributed by atoms with Crippen LogP contribution in [0, 0.1) is 23.2 Å². The van der Waals surface area contributed by atoms with E-state index >= 15 is 0 Å². The second kappa shape index (κ2) is 4.65. The fourth-order valence-corrected chi connectivity index (χ4v) is 3.69. The molecule has 1 fully saturated rings. The van der Waals surface area contributed by atoms with Gasteiger partial charge in [0.15, 0.2) is 0 Å². The van der Waals surface area contributed by atoms with Crippen molar-refractivity contribution in [3.05, 3.63) is 0 Å². The van der Waals surface area contributed by atoms with Gasteiger partial charge in [0.1, 0.15) is 0 Å². The number of rotatable bonds is 3. The minimum absolute atomic E-state index is 0.583. The zero-order valence-electron chi connectivity index (χ0n) is 10.6. The summed E-state index contributed by atoms with van der Waals surface area (Å²) in [5, 5.41) is 3.55. The molecule has 1 heteroatoms. The van der Waals surface area contributed by atoms with Gasteiger partial charge in [0.25, 0.3) is 0 Å². The summed E-state index contributed by atoms with van der Waals surface area (Å²) in [6.07, 6.45) is 2.68. The molecule has 0 amide bonds. The van der Waals surface area contributed by atoms with Crippen molar-refractivity contribution in [3.63, 3.8) is 0 Å². The van der Waals surface area contributed by atoms with Crippen LogP contribution in [0.5, 0.6) is 0 Å². The molecule has 1 aliphatic rings. The summed E-state index contributed by atoms with van der Waals surface area (Å²) >= 11 is 0. The molecule has 1 atom stereocenters. The third-order valence-corrected chi connectivity index (χ3v) is 4.53. The minimum atomic E-state index is 0.583. The predicted molar refractivity (Wildman–Crippen MR) is 63.4 cm³/mol. The number of nitrogens with one attached hydrogen (secondary N) is 1. The van der Waals surface area contributed by atoms with E-state index in [4.69, 9.17) is 0 Å². The van der Waals surface area contributed by atoms with Gasteiger partial charge in [0, 0.05) is 0 Å². The molecule has 0 aromatic rings. The van der Waals surface area contributed by atoms with Gasteiger partial charge in [-0.05, 0) is 42.7 Å². The maximum absolute atomic E-state index is 3.55. The normalized spacial score (nSPS) is 27.2. The smallest absolute Gasteiger partial charge is 0.00151 e. The van der Waals surface area contributed by atoms with Crippen LogP contribution >= 0.6 is 0 Å². The van der Waals surface area contributed by atoms with Crippen LogP contribution in [0.15, 0.2) is 0 Å². The highest BCUT2D eigenvalue weighted by Crippen LogP contribution is 2.48. The van der Waals surface area contributed by atoms with Gasteiger partial charge in [-0.2, -0.15) is 0 Å². The molecule has 1 N–H and O–H groups in total. The zero-order valence-corrected chi connectivity index (χ0v) is 10.6. The van der Waals surface area contributed by atoms with E-state index in [-0.39, 0.29) is 0 Å². The third-order valence-electron chi connectivity index (χ3n) is 4.53. The van der Waals surface area contributed by atoms with Gasteiger partial charge >= 0.3 is 0 Å². The molecule has 0 aromatic carbocycles. The van der Waals surface area contributed by atoms with E-state index in [9.17, 15) is 0 Å². The van der Waals surface area contributed by atoms with Gasteiger partial charge in [-0.1, -0.05) is 41.0 Å². The molecule has 1 aliphatic heterocycles. The van der Waals surface area contributed by atoms with Crippen molar-refractivity contribution in [2.24, 2.45) is 23.2 Å². The molecule has 1 nitrogen and oxygen atoms in total. The Morgan fingerprint density at radius 1 is 1.21 bits per heavy atom. The lowest BCUT2D eigenvalue weighted by Gasteiger charge is -2.50. The van der Waals surface area contributed by atoms with Crippen LogP contribution < -0.4 is 5.32 Å². The first-order chi connectivity index (χ1) is 6.55. The lowest BCUT2D eigenvalue weighted by Crippen LogP contribution is -2.50. The molecule has 0 radical (unpaired) electrons. The van der Waals surface area contributed by atoms with E-state index in [2.05, 4.69) is 39.9 Å². The van der Waals surface area contributed by atoms with Crippen LogP contribution in [0.3, 0.4) is 0 Å². The van der Waals surface area contributed by atoms with Crippen molar-refractivity contribution >= 4 is 0 Å². The molecular weight excluding hydrogens is 170 g/mol. The molecular formula is C13H27N. The predicted octanol–water partition coefficient (Wildman–Crippen LogP) is 3.30. The first-order valence-electron chi connectivity index (χ1n) is 6.26. The summed E-state index contributed by atoms with van der Waals surface area (Å²) in [5.41, 5.74) is 0.583. The number of hydrogen-bond donors (Lipinski definition) is 1. The summed E-state index contributed by atoms with van der Waals surface area (Å²) in [5.74, 6) is 2.50. The van der Waals surface area contributed by atoms with Crippen LogP contribution in [0.25, 0.3) is 0 Å². The maximum atomic E-state index is 3.55. The summed E-state index contributed by atoms with van der Waals surface area (Å²) in [7, 11) is 0. The van der Waals surface area contributed by atoms with E-state index < -0.39 is 0 Å². The summed E-state index contributed by atoms with van der Waals surface area (Å²) in [6, 6.07) is 0. The Labute approximate surface area is 89.7 Å².